The van der Waals surface area contributed by atoms with E-state index in [1.807, 2.05) is 0 Å². The van der Waals surface area contributed by atoms with Gasteiger partial charge >= 0.3 is 0 Å². The first-order chi connectivity index (χ1) is 18.9. The molecule has 6 rings (SSSR count). The number of rotatable bonds is 2. The van der Waals surface area contributed by atoms with E-state index in [1.165, 1.54) is 99.7 Å². The second-order valence-corrected chi connectivity index (χ2v) is 11.7. The Morgan fingerprint density at radius 1 is 0.395 bits per heavy atom. The van der Waals surface area contributed by atoms with Crippen molar-refractivity contribution in [2.75, 3.05) is 52.4 Å². The van der Waals surface area contributed by atoms with Gasteiger partial charge in [0.05, 0.1) is 11.4 Å². The number of aliphatic imine (C=N–C) groups is 2. The van der Waals surface area contributed by atoms with Crippen LogP contribution in [0.1, 0.15) is 77.0 Å². The van der Waals surface area contributed by atoms with Crippen LogP contribution >= 0.6 is 0 Å². The average molecular weight is 515 g/mol. The average Bonchev–Trinajstić information content (AvgIpc) is 3.00. The third-order valence-electron chi connectivity index (χ3n) is 8.87. The topological polar surface area (TPSA) is 37.7 Å². The summed E-state index contributed by atoms with van der Waals surface area (Å²) in [6.07, 6.45) is 15.6. The molecule has 0 amide bonds. The van der Waals surface area contributed by atoms with Crippen molar-refractivity contribution < 1.29 is 0 Å². The first-order valence-corrected chi connectivity index (χ1v) is 15.6. The number of hydrogen-bond acceptors (Lipinski definition) is 2. The van der Waals surface area contributed by atoms with Crippen molar-refractivity contribution in [2.45, 2.75) is 77.0 Å². The van der Waals surface area contributed by atoms with Crippen LogP contribution in [-0.2, 0) is 0 Å². The molecule has 0 aliphatic carbocycles. The van der Waals surface area contributed by atoms with Crippen LogP contribution in [0, 0.1) is 0 Å². The lowest BCUT2D eigenvalue weighted by Crippen LogP contribution is -2.48. The monoisotopic (exact) mass is 514 g/mol. The zero-order valence-electron chi connectivity index (χ0n) is 23.3. The number of piperidine rings is 4. The van der Waals surface area contributed by atoms with E-state index in [-0.39, 0.29) is 0 Å². The molecule has 0 saturated carbocycles. The quantitative estimate of drug-likeness (QED) is 0.328. The van der Waals surface area contributed by atoms with Crippen LogP contribution < -0.4 is 0 Å². The van der Waals surface area contributed by atoms with Crippen molar-refractivity contribution >= 4 is 34.1 Å². The van der Waals surface area contributed by atoms with Crippen LogP contribution in [-0.4, -0.2) is 83.9 Å². The predicted octanol–water partition coefficient (Wildman–Crippen LogP) is 6.76. The van der Waals surface area contributed by atoms with Crippen molar-refractivity contribution in [3.8, 4) is 0 Å². The van der Waals surface area contributed by atoms with Gasteiger partial charge in [0.1, 0.15) is 0 Å². The first-order valence-electron chi connectivity index (χ1n) is 15.6. The van der Waals surface area contributed by atoms with Crippen molar-refractivity contribution in [3.63, 3.8) is 0 Å². The van der Waals surface area contributed by atoms with E-state index >= 15 is 0 Å². The smallest absolute Gasteiger partial charge is 0.201 e. The molecule has 0 unspecified atom stereocenters. The van der Waals surface area contributed by atoms with Gasteiger partial charge in [-0.3, -0.25) is 0 Å². The second kappa shape index (κ2) is 12.4. The fourth-order valence-corrected chi connectivity index (χ4v) is 6.75. The minimum absolute atomic E-state index is 1.09. The first kappa shape index (κ1) is 25.5. The highest BCUT2D eigenvalue weighted by Crippen LogP contribution is 2.34. The van der Waals surface area contributed by atoms with Crippen molar-refractivity contribution in [1.82, 2.24) is 19.6 Å². The molecule has 0 bridgehead atoms. The summed E-state index contributed by atoms with van der Waals surface area (Å²) >= 11 is 0. The Balaban J connectivity index is 1.39. The van der Waals surface area contributed by atoms with E-state index in [0.29, 0.717) is 0 Å². The van der Waals surface area contributed by atoms with Crippen LogP contribution in [0.5, 0.6) is 0 Å². The highest BCUT2D eigenvalue weighted by atomic mass is 15.4. The van der Waals surface area contributed by atoms with Gasteiger partial charge in [-0.25, -0.2) is 9.98 Å². The van der Waals surface area contributed by atoms with Gasteiger partial charge in [-0.1, -0.05) is 24.3 Å². The van der Waals surface area contributed by atoms with Crippen LogP contribution in [0.25, 0.3) is 10.8 Å². The summed E-state index contributed by atoms with van der Waals surface area (Å²) in [6, 6.07) is 13.3. The molecule has 2 aromatic rings. The number of likely N-dealkylation sites (tertiary alicyclic amines) is 4. The van der Waals surface area contributed by atoms with E-state index in [2.05, 4.69) is 56.0 Å². The van der Waals surface area contributed by atoms with Gasteiger partial charge < -0.3 is 19.6 Å². The molecular weight excluding hydrogens is 468 g/mol. The minimum atomic E-state index is 1.09. The summed E-state index contributed by atoms with van der Waals surface area (Å²) in [5.41, 5.74) is 2.17. The molecular formula is C32H46N6. The Morgan fingerprint density at radius 3 is 0.974 bits per heavy atom. The maximum Gasteiger partial charge on any atom is 0.201 e. The summed E-state index contributed by atoms with van der Waals surface area (Å²) in [7, 11) is 0. The lowest BCUT2D eigenvalue weighted by atomic mass is 10.1. The lowest BCUT2D eigenvalue weighted by Gasteiger charge is -2.38. The molecule has 4 aliphatic rings. The van der Waals surface area contributed by atoms with Gasteiger partial charge in [-0.05, 0) is 89.2 Å². The molecule has 38 heavy (non-hydrogen) atoms. The number of hydrogen-bond donors (Lipinski definition) is 0. The number of nitrogens with zero attached hydrogens (tertiary/aromatic N) is 6. The third-order valence-corrected chi connectivity index (χ3v) is 8.87. The van der Waals surface area contributed by atoms with E-state index in [0.717, 1.165) is 63.7 Å². The second-order valence-electron chi connectivity index (χ2n) is 11.7. The lowest BCUT2D eigenvalue weighted by molar-refractivity contribution is 0.257. The van der Waals surface area contributed by atoms with Gasteiger partial charge in [-0.15, -0.1) is 0 Å². The zero-order chi connectivity index (χ0) is 25.6. The summed E-state index contributed by atoms with van der Waals surface area (Å²) < 4.78 is 0. The molecule has 0 radical (unpaired) electrons. The van der Waals surface area contributed by atoms with Crippen LogP contribution in [0.4, 0.5) is 11.4 Å². The molecule has 6 heteroatoms. The molecule has 4 fully saturated rings. The molecule has 2 aromatic carbocycles. The maximum absolute atomic E-state index is 5.43. The van der Waals surface area contributed by atoms with E-state index in [1.54, 1.807) is 0 Å². The minimum Gasteiger partial charge on any atom is -0.343 e. The summed E-state index contributed by atoms with van der Waals surface area (Å²) in [5.74, 6) is 2.40. The number of fused-ring (bicyclic) bond motifs is 1. The Hall–Kier alpha value is -2.76. The third kappa shape index (κ3) is 5.79. The van der Waals surface area contributed by atoms with Crippen molar-refractivity contribution in [2.24, 2.45) is 9.98 Å². The maximum atomic E-state index is 5.43. The molecule has 0 atom stereocenters. The zero-order valence-corrected chi connectivity index (χ0v) is 23.3. The summed E-state index contributed by atoms with van der Waals surface area (Å²) in [6.45, 7) is 9.04. The predicted molar refractivity (Wildman–Crippen MR) is 160 cm³/mol. The highest BCUT2D eigenvalue weighted by molar-refractivity contribution is 6.02. The van der Waals surface area contributed by atoms with Gasteiger partial charge in [0.15, 0.2) is 0 Å². The fraction of sp³-hybridized carbons (Fsp3) is 0.625. The standard InChI is InChI=1S/C32H46N6/c1-5-19-35(20-6-1)31(36-21-7-2-8-22-36)33-29-17-13-16-28-27(29)15-14-18-30(28)34-32(37-23-9-3-10-24-37)38-25-11-4-12-26-38/h13-18H,1-12,19-26H2. The van der Waals surface area contributed by atoms with Gasteiger partial charge in [0, 0.05) is 63.1 Å². The molecule has 4 saturated heterocycles. The van der Waals surface area contributed by atoms with Gasteiger partial charge in [0.2, 0.25) is 11.9 Å². The summed E-state index contributed by atoms with van der Waals surface area (Å²) in [5, 5.41) is 2.44. The molecule has 4 aliphatic heterocycles. The van der Waals surface area contributed by atoms with Gasteiger partial charge in [-0.2, -0.15) is 0 Å². The molecule has 6 nitrogen and oxygen atoms in total. The molecule has 0 aromatic heterocycles. The van der Waals surface area contributed by atoms with Gasteiger partial charge in [0.25, 0.3) is 0 Å². The SMILES string of the molecule is c1cc(N=C(N2CCCCC2)N2CCCCC2)c2cccc(N=C(N3CCCCC3)N3CCCCC3)c2c1. The fourth-order valence-electron chi connectivity index (χ4n) is 6.75. The van der Waals surface area contributed by atoms with Crippen LogP contribution in [0.15, 0.2) is 46.4 Å². The Labute approximate surface area is 229 Å². The van der Waals surface area contributed by atoms with E-state index < -0.39 is 0 Å². The van der Waals surface area contributed by atoms with Crippen LogP contribution in [0.3, 0.4) is 0 Å². The molecule has 4 heterocycles. The van der Waals surface area contributed by atoms with E-state index in [9.17, 15) is 0 Å². The van der Waals surface area contributed by atoms with Crippen molar-refractivity contribution in [1.29, 1.82) is 0 Å². The normalized spacial score (nSPS) is 20.9. The largest absolute Gasteiger partial charge is 0.343 e. The van der Waals surface area contributed by atoms with Crippen molar-refractivity contribution in [3.05, 3.63) is 36.4 Å². The summed E-state index contributed by atoms with van der Waals surface area (Å²) in [4.78, 5) is 21.1. The highest BCUT2D eigenvalue weighted by Gasteiger charge is 2.24. The molecule has 0 N–H and O–H groups in total. The van der Waals surface area contributed by atoms with E-state index in [4.69, 9.17) is 9.98 Å². The molecule has 0 spiro atoms. The Kier molecular flexibility index (Phi) is 8.32. The molecule has 204 valence electrons. The Morgan fingerprint density at radius 2 is 0.684 bits per heavy atom. The Bertz CT molecular complexity index is 987. The van der Waals surface area contributed by atoms with Crippen LogP contribution in [0.2, 0.25) is 0 Å². The number of guanidine groups is 2. The number of benzene rings is 2.